The molecule has 1 atom stereocenters. The first-order chi connectivity index (χ1) is 18.2. The summed E-state index contributed by atoms with van der Waals surface area (Å²) >= 11 is 0. The van der Waals surface area contributed by atoms with E-state index >= 15 is 0 Å². The second kappa shape index (κ2) is 9.81. The van der Waals surface area contributed by atoms with Crippen LogP contribution in [0, 0.1) is 18.3 Å². The van der Waals surface area contributed by atoms with E-state index in [0.717, 1.165) is 27.7 Å². The topological polar surface area (TPSA) is 127 Å². The summed E-state index contributed by atoms with van der Waals surface area (Å²) in [4.78, 5) is 20.7. The summed E-state index contributed by atoms with van der Waals surface area (Å²) in [7, 11) is 0. The molecule has 0 aliphatic heterocycles. The molecule has 0 saturated heterocycles. The lowest BCUT2D eigenvalue weighted by atomic mass is 9.94. The minimum atomic E-state index is -1.44. The smallest absolute Gasteiger partial charge is 0.323 e. The van der Waals surface area contributed by atoms with Gasteiger partial charge in [0.25, 0.3) is 0 Å². The maximum atomic E-state index is 11.7. The van der Waals surface area contributed by atoms with Gasteiger partial charge < -0.3 is 20.1 Å². The second-order valence-electron chi connectivity index (χ2n) is 9.34. The molecule has 0 amide bonds. The first-order valence-electron chi connectivity index (χ1n) is 12.0. The molecule has 0 saturated carbocycles. The van der Waals surface area contributed by atoms with E-state index in [9.17, 15) is 15.2 Å². The molecule has 3 N–H and O–H groups in total. The van der Waals surface area contributed by atoms with E-state index in [0.29, 0.717) is 28.7 Å². The van der Waals surface area contributed by atoms with Gasteiger partial charge in [0.2, 0.25) is 5.88 Å². The van der Waals surface area contributed by atoms with Crippen LogP contribution >= 0.6 is 0 Å². The van der Waals surface area contributed by atoms with Crippen molar-refractivity contribution in [3.05, 3.63) is 102 Å². The predicted octanol–water partition coefficient (Wildman–Crippen LogP) is 5.40. The summed E-state index contributed by atoms with van der Waals surface area (Å²) < 4.78 is 8.23. The zero-order valence-corrected chi connectivity index (χ0v) is 20.9. The largest absolute Gasteiger partial charge is 0.480 e. The highest BCUT2D eigenvalue weighted by Gasteiger charge is 2.30. The summed E-state index contributed by atoms with van der Waals surface area (Å²) in [6, 6.07) is 26.5. The summed E-state index contributed by atoms with van der Waals surface area (Å²) in [5.74, 6) is 0.223. The number of hydrogen-bond acceptors (Lipinski definition) is 6. The Labute approximate surface area is 219 Å². The van der Waals surface area contributed by atoms with Gasteiger partial charge in [-0.1, -0.05) is 48.5 Å². The highest BCUT2D eigenvalue weighted by atomic mass is 16.5. The highest BCUT2D eigenvalue weighted by molar-refractivity contribution is 5.88. The number of carbonyl (C=O) groups is 1. The quantitative estimate of drug-likeness (QED) is 0.304. The van der Waals surface area contributed by atoms with Gasteiger partial charge in [-0.25, -0.2) is 4.98 Å². The normalized spacial score (nSPS) is 12.6. The number of fused-ring (bicyclic) bond motifs is 1. The van der Waals surface area contributed by atoms with Crippen molar-refractivity contribution in [2.75, 3.05) is 0 Å². The number of aliphatic carboxylic acids is 1. The number of benzene rings is 3. The number of aryl methyl sites for hydroxylation is 1. The molecule has 0 aliphatic rings. The summed E-state index contributed by atoms with van der Waals surface area (Å²) in [5.41, 5.74) is 9.03. The summed E-state index contributed by atoms with van der Waals surface area (Å²) in [5, 5.41) is 20.1. The summed E-state index contributed by atoms with van der Waals surface area (Å²) in [6.07, 6.45) is 2.00. The predicted molar refractivity (Wildman–Crippen MR) is 144 cm³/mol. The molecule has 188 valence electrons. The molecule has 8 heteroatoms. The molecule has 2 heterocycles. The van der Waals surface area contributed by atoms with Gasteiger partial charge in [-0.3, -0.25) is 4.79 Å². The Bertz CT molecular complexity index is 1700. The van der Waals surface area contributed by atoms with Gasteiger partial charge in [0.05, 0.1) is 28.5 Å². The second-order valence-corrected chi connectivity index (χ2v) is 9.34. The number of aromatic nitrogens is 3. The zero-order chi connectivity index (χ0) is 26.9. The van der Waals surface area contributed by atoms with E-state index in [1.165, 1.54) is 6.92 Å². The van der Waals surface area contributed by atoms with Gasteiger partial charge in [-0.15, -0.1) is 0 Å². The fraction of sp³-hybridized carbons (Fsp3) is 0.133. The summed E-state index contributed by atoms with van der Waals surface area (Å²) in [6.45, 7) is 3.30. The third-order valence-electron chi connectivity index (χ3n) is 6.29. The number of rotatable bonds is 7. The van der Waals surface area contributed by atoms with E-state index in [2.05, 4.69) is 16.0 Å². The number of ether oxygens (including phenoxy) is 1. The fourth-order valence-electron chi connectivity index (χ4n) is 4.39. The lowest BCUT2D eigenvalue weighted by Gasteiger charge is -2.18. The van der Waals surface area contributed by atoms with Crippen molar-refractivity contribution in [3.8, 4) is 34.6 Å². The van der Waals surface area contributed by atoms with Crippen LogP contribution in [0.1, 0.15) is 23.9 Å². The molecule has 8 nitrogen and oxygen atoms in total. The lowest BCUT2D eigenvalue weighted by Crippen LogP contribution is -2.46. The van der Waals surface area contributed by atoms with Crippen LogP contribution in [0.3, 0.4) is 0 Å². The van der Waals surface area contributed by atoms with Crippen LogP contribution in [-0.4, -0.2) is 31.1 Å². The fourth-order valence-corrected chi connectivity index (χ4v) is 4.39. The van der Waals surface area contributed by atoms with E-state index in [4.69, 9.17) is 10.5 Å². The Balaban J connectivity index is 1.63. The number of para-hydroxylation sites is 1. The Morgan fingerprint density at radius 3 is 2.55 bits per heavy atom. The molecule has 0 radical (unpaired) electrons. The molecular formula is C30H25N5O3. The first kappa shape index (κ1) is 24.7. The van der Waals surface area contributed by atoms with Crippen LogP contribution in [-0.2, 0) is 11.2 Å². The molecule has 2 aromatic heterocycles. The molecule has 0 fully saturated rings. The third-order valence-corrected chi connectivity index (χ3v) is 6.29. The van der Waals surface area contributed by atoms with E-state index in [1.54, 1.807) is 31.2 Å². The Kier molecular flexibility index (Phi) is 6.37. The van der Waals surface area contributed by atoms with E-state index < -0.39 is 11.5 Å². The molecule has 3 aromatic carbocycles. The third kappa shape index (κ3) is 4.83. The van der Waals surface area contributed by atoms with Crippen LogP contribution < -0.4 is 10.5 Å². The molecule has 5 rings (SSSR count). The molecule has 1 unspecified atom stereocenters. The van der Waals surface area contributed by atoms with Gasteiger partial charge in [0.15, 0.2) is 5.75 Å². The average molecular weight is 504 g/mol. The van der Waals surface area contributed by atoms with Crippen molar-refractivity contribution >= 4 is 16.9 Å². The van der Waals surface area contributed by atoms with E-state index in [-0.39, 0.29) is 6.42 Å². The Morgan fingerprint density at radius 2 is 1.82 bits per heavy atom. The SMILES string of the molecule is Cc1nc(Oc2cc(C#N)ccc2-n2cc(CC(C)(N)C(=O)O)c3ccccc32)cc(-c2ccccc2)n1. The van der Waals surface area contributed by atoms with Gasteiger partial charge in [0, 0.05) is 35.7 Å². The van der Waals surface area contributed by atoms with Crippen LogP contribution in [0.5, 0.6) is 11.6 Å². The minimum absolute atomic E-state index is 0.133. The zero-order valence-electron chi connectivity index (χ0n) is 20.9. The van der Waals surface area contributed by atoms with Crippen molar-refractivity contribution in [2.45, 2.75) is 25.8 Å². The van der Waals surface area contributed by atoms with Crippen molar-refractivity contribution in [1.82, 2.24) is 14.5 Å². The number of nitriles is 1. The monoisotopic (exact) mass is 503 g/mol. The van der Waals surface area contributed by atoms with Gasteiger partial charge in [-0.2, -0.15) is 10.2 Å². The maximum absolute atomic E-state index is 11.7. The number of carboxylic acids is 1. The Morgan fingerprint density at radius 1 is 1.08 bits per heavy atom. The van der Waals surface area contributed by atoms with Gasteiger partial charge in [0.1, 0.15) is 11.4 Å². The molecule has 0 spiro atoms. The number of nitrogens with two attached hydrogens (primary N) is 1. The number of carboxylic acid groups (broad SMARTS) is 1. The average Bonchev–Trinajstić information content (AvgIpc) is 3.26. The van der Waals surface area contributed by atoms with Crippen molar-refractivity contribution in [1.29, 1.82) is 5.26 Å². The van der Waals surface area contributed by atoms with E-state index in [1.807, 2.05) is 65.4 Å². The standard InChI is InChI=1S/C30H25N5O3/c1-19-33-24(21-8-4-3-5-9-21)15-28(34-19)38-27-14-20(17-31)12-13-26(27)35-18-22(16-30(2,32)29(36)37)23-10-6-7-11-25(23)35/h3-15,18H,16,32H2,1-2H3,(H,36,37). The molecule has 0 aliphatic carbocycles. The molecular weight excluding hydrogens is 478 g/mol. The van der Waals surface area contributed by atoms with Crippen molar-refractivity contribution in [3.63, 3.8) is 0 Å². The Hall–Kier alpha value is -5.00. The van der Waals surface area contributed by atoms with Crippen molar-refractivity contribution < 1.29 is 14.6 Å². The lowest BCUT2D eigenvalue weighted by molar-refractivity contribution is -0.142. The van der Waals surface area contributed by atoms with Crippen molar-refractivity contribution in [2.24, 2.45) is 5.73 Å². The molecule has 38 heavy (non-hydrogen) atoms. The number of nitrogens with zero attached hydrogens (tertiary/aromatic N) is 4. The highest BCUT2D eigenvalue weighted by Crippen LogP contribution is 2.34. The molecule has 5 aromatic rings. The van der Waals surface area contributed by atoms with Gasteiger partial charge >= 0.3 is 5.97 Å². The minimum Gasteiger partial charge on any atom is -0.480 e. The maximum Gasteiger partial charge on any atom is 0.323 e. The van der Waals surface area contributed by atoms with Gasteiger partial charge in [-0.05, 0) is 37.6 Å². The van der Waals surface area contributed by atoms with Crippen LogP contribution in [0.2, 0.25) is 0 Å². The molecule has 0 bridgehead atoms. The first-order valence-corrected chi connectivity index (χ1v) is 12.0. The van der Waals surface area contributed by atoms with Crippen LogP contribution in [0.25, 0.3) is 27.8 Å². The number of hydrogen-bond donors (Lipinski definition) is 2. The van der Waals surface area contributed by atoms with Crippen LogP contribution in [0.4, 0.5) is 0 Å². The van der Waals surface area contributed by atoms with Crippen LogP contribution in [0.15, 0.2) is 85.1 Å².